The lowest BCUT2D eigenvalue weighted by Crippen LogP contribution is -2.47. The number of aromatic nitrogens is 2. The monoisotopic (exact) mass is 351 g/mol. The van der Waals surface area contributed by atoms with E-state index in [1.807, 2.05) is 30.8 Å². The van der Waals surface area contributed by atoms with Gasteiger partial charge in [0, 0.05) is 25.2 Å². The zero-order valence-corrected chi connectivity index (χ0v) is 15.7. The van der Waals surface area contributed by atoms with Crippen LogP contribution >= 0.6 is 0 Å². The number of nitrogens with zero attached hydrogens (tertiary/aromatic N) is 2. The van der Waals surface area contributed by atoms with E-state index in [0.29, 0.717) is 6.42 Å². The standard InChI is InChI=1S/C18H29N3O4/c1-12(2)21-9-8-14(20-21)10-18(15(22)23,13-6-7-13)11-19-16(24)25-17(3,4)5/h8-9,12-13H,6-7,10-11H2,1-5H3,(H,19,24)(H,22,23). The van der Waals surface area contributed by atoms with Crippen molar-refractivity contribution in [1.82, 2.24) is 15.1 Å². The molecule has 7 heteroatoms. The van der Waals surface area contributed by atoms with E-state index in [2.05, 4.69) is 10.4 Å². The molecule has 1 heterocycles. The van der Waals surface area contributed by atoms with Crippen molar-refractivity contribution >= 4 is 12.1 Å². The second kappa shape index (κ2) is 7.06. The van der Waals surface area contributed by atoms with Gasteiger partial charge in [-0.15, -0.1) is 0 Å². The van der Waals surface area contributed by atoms with Gasteiger partial charge in [0.2, 0.25) is 0 Å². The third kappa shape index (κ3) is 4.96. The van der Waals surface area contributed by atoms with Crippen molar-refractivity contribution in [3.63, 3.8) is 0 Å². The van der Waals surface area contributed by atoms with Gasteiger partial charge in [-0.3, -0.25) is 9.48 Å². The Morgan fingerprint density at radius 2 is 2.04 bits per heavy atom. The van der Waals surface area contributed by atoms with E-state index >= 15 is 0 Å². The summed E-state index contributed by atoms with van der Waals surface area (Å²) < 4.78 is 7.05. The molecule has 2 rings (SSSR count). The molecule has 1 saturated carbocycles. The van der Waals surface area contributed by atoms with Gasteiger partial charge in [0.1, 0.15) is 5.60 Å². The summed E-state index contributed by atoms with van der Waals surface area (Å²) >= 11 is 0. The van der Waals surface area contributed by atoms with E-state index in [9.17, 15) is 14.7 Å². The van der Waals surface area contributed by atoms with Crippen LogP contribution in [0.15, 0.2) is 12.3 Å². The number of ether oxygens (including phenoxy) is 1. The Balaban J connectivity index is 2.14. The van der Waals surface area contributed by atoms with Crippen LogP contribution in [0.1, 0.15) is 59.2 Å². The van der Waals surface area contributed by atoms with Crippen LogP contribution in [-0.4, -0.2) is 39.1 Å². The van der Waals surface area contributed by atoms with E-state index in [-0.39, 0.29) is 18.5 Å². The lowest BCUT2D eigenvalue weighted by Gasteiger charge is -2.30. The molecule has 7 nitrogen and oxygen atoms in total. The Kier molecular flexibility index (Phi) is 5.44. The van der Waals surface area contributed by atoms with E-state index in [0.717, 1.165) is 18.5 Å². The van der Waals surface area contributed by atoms with Gasteiger partial charge in [-0.2, -0.15) is 5.10 Å². The number of carboxylic acid groups (broad SMARTS) is 1. The maximum absolute atomic E-state index is 12.1. The molecule has 140 valence electrons. The molecule has 1 unspecified atom stereocenters. The normalized spacial score (nSPS) is 17.2. The Morgan fingerprint density at radius 1 is 1.40 bits per heavy atom. The minimum atomic E-state index is -1.05. The second-order valence-corrected chi connectivity index (χ2v) is 8.15. The Labute approximate surface area is 148 Å². The van der Waals surface area contributed by atoms with Gasteiger partial charge in [-0.1, -0.05) is 0 Å². The zero-order chi connectivity index (χ0) is 18.8. The van der Waals surface area contributed by atoms with Gasteiger partial charge in [0.25, 0.3) is 0 Å². The number of rotatable bonds is 7. The van der Waals surface area contributed by atoms with Crippen LogP contribution in [-0.2, 0) is 16.0 Å². The van der Waals surface area contributed by atoms with Crippen LogP contribution in [0.2, 0.25) is 0 Å². The van der Waals surface area contributed by atoms with Crippen LogP contribution in [0.4, 0.5) is 4.79 Å². The highest BCUT2D eigenvalue weighted by Crippen LogP contribution is 2.47. The number of carbonyl (C=O) groups excluding carboxylic acids is 1. The van der Waals surface area contributed by atoms with Gasteiger partial charge in [0.15, 0.2) is 0 Å². The summed E-state index contributed by atoms with van der Waals surface area (Å²) in [6.07, 6.45) is 3.27. The molecule has 0 saturated heterocycles. The van der Waals surface area contributed by atoms with Crippen molar-refractivity contribution in [3.8, 4) is 0 Å². The Morgan fingerprint density at radius 3 is 2.48 bits per heavy atom. The van der Waals surface area contributed by atoms with Crippen molar-refractivity contribution in [3.05, 3.63) is 18.0 Å². The molecule has 25 heavy (non-hydrogen) atoms. The highest BCUT2D eigenvalue weighted by molar-refractivity contribution is 5.77. The first-order valence-corrected chi connectivity index (χ1v) is 8.78. The first-order chi connectivity index (χ1) is 11.5. The number of alkyl carbamates (subject to hydrolysis) is 1. The Hall–Kier alpha value is -2.05. The molecule has 0 radical (unpaired) electrons. The van der Waals surface area contributed by atoms with E-state index in [4.69, 9.17) is 4.74 Å². The van der Waals surface area contributed by atoms with E-state index < -0.39 is 23.1 Å². The van der Waals surface area contributed by atoms with Crippen molar-refractivity contribution in [2.45, 2.75) is 65.5 Å². The molecule has 0 aromatic carbocycles. The lowest BCUT2D eigenvalue weighted by atomic mass is 9.78. The van der Waals surface area contributed by atoms with Crippen LogP contribution in [0, 0.1) is 11.3 Å². The molecule has 1 aromatic heterocycles. The van der Waals surface area contributed by atoms with Gasteiger partial charge < -0.3 is 15.2 Å². The Bertz CT molecular complexity index is 629. The molecule has 0 aliphatic heterocycles. The van der Waals surface area contributed by atoms with Gasteiger partial charge in [-0.25, -0.2) is 4.79 Å². The molecule has 0 bridgehead atoms. The zero-order valence-electron chi connectivity index (χ0n) is 15.7. The molecule has 1 atom stereocenters. The van der Waals surface area contributed by atoms with Crippen LogP contribution in [0.3, 0.4) is 0 Å². The molecule has 1 aromatic rings. The van der Waals surface area contributed by atoms with Crippen molar-refractivity contribution in [2.75, 3.05) is 6.54 Å². The predicted molar refractivity (Wildman–Crippen MR) is 93.3 cm³/mol. The van der Waals surface area contributed by atoms with E-state index in [1.54, 1.807) is 20.8 Å². The first kappa shape index (κ1) is 19.3. The first-order valence-electron chi connectivity index (χ1n) is 8.78. The molecule has 1 fully saturated rings. The molecular formula is C18H29N3O4. The number of carboxylic acids is 1. The molecule has 1 aliphatic rings. The number of aliphatic carboxylic acids is 1. The summed E-state index contributed by atoms with van der Waals surface area (Å²) in [5, 5.41) is 17.1. The molecule has 1 amide bonds. The summed E-state index contributed by atoms with van der Waals surface area (Å²) in [4.78, 5) is 24.1. The van der Waals surface area contributed by atoms with E-state index in [1.165, 1.54) is 0 Å². The average molecular weight is 351 g/mol. The average Bonchev–Trinajstić information content (AvgIpc) is 3.21. The SMILES string of the molecule is CC(C)n1ccc(CC(CNC(=O)OC(C)(C)C)(C(=O)O)C2CC2)n1. The van der Waals surface area contributed by atoms with Crippen molar-refractivity contribution in [1.29, 1.82) is 0 Å². The largest absolute Gasteiger partial charge is 0.481 e. The fraction of sp³-hybridized carbons (Fsp3) is 0.722. The van der Waals surface area contributed by atoms with Gasteiger partial charge >= 0.3 is 12.1 Å². The van der Waals surface area contributed by atoms with Crippen molar-refractivity contribution < 1.29 is 19.4 Å². The third-order valence-corrected chi connectivity index (χ3v) is 4.42. The highest BCUT2D eigenvalue weighted by atomic mass is 16.6. The molecule has 1 aliphatic carbocycles. The minimum Gasteiger partial charge on any atom is -0.481 e. The number of nitrogens with one attached hydrogen (secondary N) is 1. The van der Waals surface area contributed by atoms with Crippen LogP contribution in [0.5, 0.6) is 0 Å². The summed E-state index contributed by atoms with van der Waals surface area (Å²) in [6, 6.07) is 2.07. The lowest BCUT2D eigenvalue weighted by molar-refractivity contribution is -0.150. The minimum absolute atomic E-state index is 0.0381. The number of hydrogen-bond acceptors (Lipinski definition) is 4. The molecule has 0 spiro atoms. The van der Waals surface area contributed by atoms with Crippen LogP contribution < -0.4 is 5.32 Å². The summed E-state index contributed by atoms with van der Waals surface area (Å²) in [5.74, 6) is -0.853. The smallest absolute Gasteiger partial charge is 0.407 e. The van der Waals surface area contributed by atoms with Gasteiger partial charge in [-0.05, 0) is 59.4 Å². The third-order valence-electron chi connectivity index (χ3n) is 4.42. The number of hydrogen-bond donors (Lipinski definition) is 2. The number of amides is 1. The van der Waals surface area contributed by atoms with Gasteiger partial charge in [0.05, 0.1) is 11.1 Å². The topological polar surface area (TPSA) is 93.5 Å². The summed E-state index contributed by atoms with van der Waals surface area (Å²) in [6.45, 7) is 9.40. The fourth-order valence-corrected chi connectivity index (χ4v) is 2.94. The highest BCUT2D eigenvalue weighted by Gasteiger charge is 2.51. The maximum atomic E-state index is 12.1. The quantitative estimate of drug-likeness (QED) is 0.787. The fourth-order valence-electron chi connectivity index (χ4n) is 2.94. The number of carbonyl (C=O) groups is 2. The summed E-state index contributed by atoms with van der Waals surface area (Å²) in [5.41, 5.74) is -0.937. The summed E-state index contributed by atoms with van der Waals surface area (Å²) in [7, 11) is 0. The van der Waals surface area contributed by atoms with Crippen LogP contribution in [0.25, 0.3) is 0 Å². The molecular weight excluding hydrogens is 322 g/mol. The molecule has 2 N–H and O–H groups in total. The predicted octanol–water partition coefficient (Wildman–Crippen LogP) is 3.01. The maximum Gasteiger partial charge on any atom is 0.407 e. The van der Waals surface area contributed by atoms with Crippen molar-refractivity contribution in [2.24, 2.45) is 11.3 Å². The second-order valence-electron chi connectivity index (χ2n) is 8.15.